The number of ketones is 1. The number of amides is 1. The highest BCUT2D eigenvalue weighted by Gasteiger charge is 2.11. The molecular formula is C20H17NO7. The minimum absolute atomic E-state index is 0.0184. The Bertz CT molecular complexity index is 976. The van der Waals surface area contributed by atoms with Crippen LogP contribution < -0.4 is 10.1 Å². The summed E-state index contributed by atoms with van der Waals surface area (Å²) in [6.45, 7) is 0. The standard InChI is InChI=1S/C20H17NO7/c1-28-18-9-12(5-7-15(18)22)6-8-19(25)21-14-4-2-3-13(10-14)16(23)11-17(24)20(26)27/h2-11,22-23H,1H3,(H,21,25)(H,26,27)/b8-6+,16-11+. The Labute approximate surface area is 160 Å². The number of phenols is 1. The number of hydrogen-bond acceptors (Lipinski definition) is 6. The average Bonchev–Trinajstić information content (AvgIpc) is 2.67. The van der Waals surface area contributed by atoms with E-state index in [9.17, 15) is 24.6 Å². The topological polar surface area (TPSA) is 133 Å². The highest BCUT2D eigenvalue weighted by molar-refractivity contribution is 6.38. The fourth-order valence-corrected chi connectivity index (χ4v) is 2.18. The van der Waals surface area contributed by atoms with Crippen LogP contribution in [0, 0.1) is 0 Å². The van der Waals surface area contributed by atoms with E-state index in [2.05, 4.69) is 5.32 Å². The SMILES string of the molecule is COc1cc(/C=C/C(=O)Nc2cccc(/C(O)=C\C(=O)C(=O)O)c2)ccc1O. The number of aromatic hydroxyl groups is 1. The Morgan fingerprint density at radius 1 is 1.07 bits per heavy atom. The molecule has 0 atom stereocenters. The van der Waals surface area contributed by atoms with E-state index >= 15 is 0 Å². The number of hydrogen-bond donors (Lipinski definition) is 4. The number of benzene rings is 2. The zero-order valence-corrected chi connectivity index (χ0v) is 14.7. The third-order valence-corrected chi connectivity index (χ3v) is 3.54. The predicted octanol–water partition coefficient (Wildman–Crippen LogP) is 2.61. The molecule has 1 amide bonds. The number of carbonyl (C=O) groups is 3. The Balaban J connectivity index is 2.10. The first-order valence-corrected chi connectivity index (χ1v) is 7.94. The number of rotatable bonds is 7. The first kappa shape index (κ1) is 20.2. The molecule has 0 saturated carbocycles. The number of aliphatic carboxylic acids is 1. The van der Waals surface area contributed by atoms with Gasteiger partial charge in [0.15, 0.2) is 11.5 Å². The van der Waals surface area contributed by atoms with Crippen molar-refractivity contribution in [1.29, 1.82) is 0 Å². The van der Waals surface area contributed by atoms with Crippen molar-refractivity contribution < 1.29 is 34.4 Å². The molecule has 0 aromatic heterocycles. The van der Waals surface area contributed by atoms with E-state index in [-0.39, 0.29) is 17.1 Å². The summed E-state index contributed by atoms with van der Waals surface area (Å²) < 4.78 is 4.99. The summed E-state index contributed by atoms with van der Waals surface area (Å²) in [6.07, 6.45) is 3.37. The zero-order chi connectivity index (χ0) is 20.7. The van der Waals surface area contributed by atoms with Crippen molar-refractivity contribution >= 4 is 35.2 Å². The van der Waals surface area contributed by atoms with Gasteiger partial charge in [-0.3, -0.25) is 9.59 Å². The fraction of sp³-hybridized carbons (Fsp3) is 0.0500. The van der Waals surface area contributed by atoms with Crippen LogP contribution in [0.25, 0.3) is 11.8 Å². The molecule has 0 unspecified atom stereocenters. The van der Waals surface area contributed by atoms with Crippen molar-refractivity contribution in [3.63, 3.8) is 0 Å². The molecule has 2 aromatic carbocycles. The van der Waals surface area contributed by atoms with E-state index in [1.807, 2.05) is 0 Å². The van der Waals surface area contributed by atoms with Crippen LogP contribution in [0.15, 0.2) is 54.6 Å². The maximum atomic E-state index is 12.1. The van der Waals surface area contributed by atoms with Gasteiger partial charge in [0.25, 0.3) is 5.78 Å². The first-order chi connectivity index (χ1) is 13.3. The second-order valence-electron chi connectivity index (χ2n) is 5.53. The number of nitrogens with one attached hydrogen (secondary N) is 1. The lowest BCUT2D eigenvalue weighted by molar-refractivity contribution is -0.146. The van der Waals surface area contributed by atoms with E-state index in [4.69, 9.17) is 9.84 Å². The third-order valence-electron chi connectivity index (χ3n) is 3.54. The Kier molecular flexibility index (Phi) is 6.53. The molecule has 0 bridgehead atoms. The lowest BCUT2D eigenvalue weighted by atomic mass is 10.1. The molecule has 144 valence electrons. The van der Waals surface area contributed by atoms with E-state index < -0.39 is 23.4 Å². The van der Waals surface area contributed by atoms with Crippen LogP contribution in [0.5, 0.6) is 11.5 Å². The van der Waals surface area contributed by atoms with Crippen LogP contribution in [0.4, 0.5) is 5.69 Å². The van der Waals surface area contributed by atoms with Gasteiger partial charge in [-0.1, -0.05) is 18.2 Å². The zero-order valence-electron chi connectivity index (χ0n) is 14.7. The molecule has 0 saturated heterocycles. The highest BCUT2D eigenvalue weighted by atomic mass is 16.5. The predicted molar refractivity (Wildman–Crippen MR) is 102 cm³/mol. The van der Waals surface area contributed by atoms with Gasteiger partial charge in [0, 0.05) is 23.4 Å². The van der Waals surface area contributed by atoms with Gasteiger partial charge in [-0.25, -0.2) is 4.79 Å². The molecule has 8 nitrogen and oxygen atoms in total. The number of ether oxygens (including phenoxy) is 1. The van der Waals surface area contributed by atoms with Gasteiger partial charge in [-0.2, -0.15) is 0 Å². The quantitative estimate of drug-likeness (QED) is 0.328. The van der Waals surface area contributed by atoms with E-state index in [0.717, 1.165) is 0 Å². The van der Waals surface area contributed by atoms with Gasteiger partial charge in [0.1, 0.15) is 5.76 Å². The molecule has 0 spiro atoms. The normalized spacial score (nSPS) is 11.2. The molecule has 4 N–H and O–H groups in total. The van der Waals surface area contributed by atoms with Crippen molar-refractivity contribution in [3.8, 4) is 11.5 Å². The lowest BCUT2D eigenvalue weighted by Crippen LogP contribution is -2.10. The summed E-state index contributed by atoms with van der Waals surface area (Å²) in [6, 6.07) is 10.5. The summed E-state index contributed by atoms with van der Waals surface area (Å²) in [4.78, 5) is 33.7. The molecule has 0 heterocycles. The summed E-state index contributed by atoms with van der Waals surface area (Å²) in [7, 11) is 1.41. The second kappa shape index (κ2) is 9.04. The van der Waals surface area contributed by atoms with E-state index in [1.165, 1.54) is 43.5 Å². The van der Waals surface area contributed by atoms with Crippen molar-refractivity contribution in [3.05, 3.63) is 65.7 Å². The Morgan fingerprint density at radius 2 is 1.82 bits per heavy atom. The van der Waals surface area contributed by atoms with Gasteiger partial charge in [-0.05, 0) is 35.9 Å². The van der Waals surface area contributed by atoms with Crippen LogP contribution in [0.1, 0.15) is 11.1 Å². The molecule has 28 heavy (non-hydrogen) atoms. The molecule has 2 rings (SSSR count). The minimum atomic E-state index is -1.69. The van der Waals surface area contributed by atoms with Gasteiger partial charge in [-0.15, -0.1) is 0 Å². The van der Waals surface area contributed by atoms with Crippen molar-refractivity contribution in [2.45, 2.75) is 0 Å². The minimum Gasteiger partial charge on any atom is -0.507 e. The molecule has 0 aliphatic heterocycles. The number of aliphatic hydroxyl groups is 1. The highest BCUT2D eigenvalue weighted by Crippen LogP contribution is 2.26. The summed E-state index contributed by atoms with van der Waals surface area (Å²) in [5, 5.41) is 30.5. The third kappa shape index (κ3) is 5.46. The number of aliphatic hydroxyl groups excluding tert-OH is 1. The largest absolute Gasteiger partial charge is 0.507 e. The molecule has 2 aromatic rings. The Hall–Kier alpha value is -4.07. The van der Waals surface area contributed by atoms with E-state index in [0.29, 0.717) is 17.3 Å². The average molecular weight is 383 g/mol. The van der Waals surface area contributed by atoms with E-state index in [1.54, 1.807) is 18.2 Å². The van der Waals surface area contributed by atoms with Gasteiger partial charge in [0.2, 0.25) is 5.91 Å². The molecule has 0 radical (unpaired) electrons. The number of anilines is 1. The second-order valence-corrected chi connectivity index (χ2v) is 5.53. The van der Waals surface area contributed by atoms with Gasteiger partial charge < -0.3 is 25.4 Å². The number of carboxylic acid groups (broad SMARTS) is 1. The van der Waals surface area contributed by atoms with Crippen LogP contribution >= 0.6 is 0 Å². The number of methoxy groups -OCH3 is 1. The first-order valence-electron chi connectivity index (χ1n) is 7.94. The smallest absolute Gasteiger partial charge is 0.376 e. The molecule has 8 heteroatoms. The van der Waals surface area contributed by atoms with Crippen LogP contribution in [-0.4, -0.2) is 40.1 Å². The van der Waals surface area contributed by atoms with Crippen LogP contribution in [0.2, 0.25) is 0 Å². The lowest BCUT2D eigenvalue weighted by Gasteiger charge is -2.06. The van der Waals surface area contributed by atoms with Crippen molar-refractivity contribution in [2.24, 2.45) is 0 Å². The summed E-state index contributed by atoms with van der Waals surface area (Å²) >= 11 is 0. The van der Waals surface area contributed by atoms with Crippen LogP contribution in [0.3, 0.4) is 0 Å². The molecular weight excluding hydrogens is 366 g/mol. The maximum Gasteiger partial charge on any atom is 0.376 e. The number of phenolic OH excluding ortho intramolecular Hbond substituents is 1. The summed E-state index contributed by atoms with van der Waals surface area (Å²) in [5.74, 6) is -3.70. The maximum absolute atomic E-state index is 12.1. The molecule has 0 fully saturated rings. The summed E-state index contributed by atoms with van der Waals surface area (Å²) in [5.41, 5.74) is 1.13. The Morgan fingerprint density at radius 3 is 2.50 bits per heavy atom. The van der Waals surface area contributed by atoms with Gasteiger partial charge >= 0.3 is 5.97 Å². The molecule has 0 aliphatic carbocycles. The van der Waals surface area contributed by atoms with Gasteiger partial charge in [0.05, 0.1) is 7.11 Å². The monoisotopic (exact) mass is 383 g/mol. The van der Waals surface area contributed by atoms with Crippen molar-refractivity contribution in [2.75, 3.05) is 12.4 Å². The molecule has 0 aliphatic rings. The number of carbonyl (C=O) groups excluding carboxylic acids is 2. The number of carboxylic acids is 1. The van der Waals surface area contributed by atoms with Crippen LogP contribution in [-0.2, 0) is 14.4 Å². The van der Waals surface area contributed by atoms with Crippen molar-refractivity contribution in [1.82, 2.24) is 0 Å². The fourth-order valence-electron chi connectivity index (χ4n) is 2.18.